The van der Waals surface area contributed by atoms with E-state index in [4.69, 9.17) is 9.47 Å². The van der Waals surface area contributed by atoms with E-state index in [1.807, 2.05) is 38.1 Å². The van der Waals surface area contributed by atoms with E-state index in [0.717, 1.165) is 21.0 Å². The van der Waals surface area contributed by atoms with Crippen LogP contribution in [-0.2, 0) is 14.8 Å². The number of rotatable bonds is 9. The number of methoxy groups -OCH3 is 2. The summed E-state index contributed by atoms with van der Waals surface area (Å²) in [6.45, 7) is 5.10. The smallest absolute Gasteiger partial charge is 0.264 e. The number of benzene rings is 3. The number of hydrogen-bond donors (Lipinski definition) is 1. The van der Waals surface area contributed by atoms with Gasteiger partial charge >= 0.3 is 0 Å². The Hall–Kier alpha value is -3.85. The fraction of sp³-hybridized carbons (Fsp3) is 0.231. The molecule has 35 heavy (non-hydrogen) atoms. The first-order valence-corrected chi connectivity index (χ1v) is 12.3. The molecule has 3 aromatic rings. The zero-order chi connectivity index (χ0) is 25.6. The van der Waals surface area contributed by atoms with E-state index >= 15 is 0 Å². The van der Waals surface area contributed by atoms with Crippen LogP contribution in [0, 0.1) is 13.8 Å². The predicted molar refractivity (Wildman–Crippen MR) is 137 cm³/mol. The van der Waals surface area contributed by atoms with Crippen LogP contribution in [0.3, 0.4) is 0 Å². The molecule has 0 atom stereocenters. The van der Waals surface area contributed by atoms with Gasteiger partial charge in [0.25, 0.3) is 15.9 Å². The minimum Gasteiger partial charge on any atom is -0.497 e. The summed E-state index contributed by atoms with van der Waals surface area (Å²) in [5.41, 5.74) is 6.12. The first kappa shape index (κ1) is 25.8. The Morgan fingerprint density at radius 2 is 1.51 bits per heavy atom. The first-order chi connectivity index (χ1) is 16.6. The molecule has 0 aliphatic carbocycles. The molecule has 9 heteroatoms. The fourth-order valence-corrected chi connectivity index (χ4v) is 4.73. The first-order valence-electron chi connectivity index (χ1n) is 10.9. The van der Waals surface area contributed by atoms with Crippen molar-refractivity contribution in [2.24, 2.45) is 5.10 Å². The molecule has 1 N–H and O–H groups in total. The number of hydrazone groups is 1. The molecule has 0 bridgehead atoms. The third-order valence-electron chi connectivity index (χ3n) is 5.37. The summed E-state index contributed by atoms with van der Waals surface area (Å²) in [6, 6.07) is 18.8. The quantitative estimate of drug-likeness (QED) is 0.357. The summed E-state index contributed by atoms with van der Waals surface area (Å²) in [5.74, 6) is 0.123. The molecule has 0 aliphatic heterocycles. The van der Waals surface area contributed by atoms with Crippen LogP contribution in [0.25, 0.3) is 0 Å². The Morgan fingerprint density at radius 1 is 0.914 bits per heavy atom. The molecule has 3 aromatic carbocycles. The Kier molecular flexibility index (Phi) is 8.14. The Morgan fingerprint density at radius 3 is 2.09 bits per heavy atom. The Bertz CT molecular complexity index is 1320. The van der Waals surface area contributed by atoms with Crippen LogP contribution >= 0.6 is 0 Å². The molecule has 0 aromatic heterocycles. The molecular formula is C26H29N3O5S. The number of carbonyl (C=O) groups excluding carboxylic acids is 1. The number of hydrogen-bond acceptors (Lipinski definition) is 6. The van der Waals surface area contributed by atoms with Crippen LogP contribution in [0.15, 0.2) is 76.7 Å². The van der Waals surface area contributed by atoms with Crippen molar-refractivity contribution < 1.29 is 22.7 Å². The minimum atomic E-state index is -4.11. The Labute approximate surface area is 206 Å². The summed E-state index contributed by atoms with van der Waals surface area (Å²) >= 11 is 0. The number of nitrogens with zero attached hydrogens (tertiary/aromatic N) is 2. The van der Waals surface area contributed by atoms with Gasteiger partial charge in [0.1, 0.15) is 18.0 Å². The third kappa shape index (κ3) is 6.19. The van der Waals surface area contributed by atoms with E-state index in [9.17, 15) is 13.2 Å². The van der Waals surface area contributed by atoms with Crippen molar-refractivity contribution in [1.29, 1.82) is 0 Å². The largest absolute Gasteiger partial charge is 0.497 e. The van der Waals surface area contributed by atoms with Gasteiger partial charge in [-0.1, -0.05) is 47.5 Å². The number of ether oxygens (including phenoxy) is 2. The molecular weight excluding hydrogens is 466 g/mol. The van der Waals surface area contributed by atoms with Gasteiger partial charge in [-0.15, -0.1) is 0 Å². The second-order valence-electron chi connectivity index (χ2n) is 7.96. The highest BCUT2D eigenvalue weighted by molar-refractivity contribution is 7.92. The van der Waals surface area contributed by atoms with Crippen molar-refractivity contribution in [1.82, 2.24) is 5.43 Å². The van der Waals surface area contributed by atoms with Crippen LogP contribution in [0.5, 0.6) is 11.5 Å². The van der Waals surface area contributed by atoms with Crippen molar-refractivity contribution in [2.45, 2.75) is 25.7 Å². The summed E-state index contributed by atoms with van der Waals surface area (Å²) < 4.78 is 38.9. The topological polar surface area (TPSA) is 97.3 Å². The molecule has 184 valence electrons. The lowest BCUT2D eigenvalue weighted by Crippen LogP contribution is -2.40. The number of aryl methyl sites for hydroxylation is 2. The van der Waals surface area contributed by atoms with E-state index < -0.39 is 22.5 Å². The number of amides is 1. The maximum Gasteiger partial charge on any atom is 0.264 e. The van der Waals surface area contributed by atoms with Gasteiger partial charge in [-0.3, -0.25) is 9.10 Å². The zero-order valence-corrected chi connectivity index (χ0v) is 21.2. The van der Waals surface area contributed by atoms with Crippen LogP contribution < -0.4 is 19.2 Å². The third-order valence-corrected chi connectivity index (χ3v) is 7.14. The van der Waals surface area contributed by atoms with Gasteiger partial charge in [-0.2, -0.15) is 5.10 Å². The van der Waals surface area contributed by atoms with Crippen molar-refractivity contribution >= 4 is 27.3 Å². The second-order valence-corrected chi connectivity index (χ2v) is 9.82. The zero-order valence-electron chi connectivity index (χ0n) is 20.4. The monoisotopic (exact) mass is 495 g/mol. The van der Waals surface area contributed by atoms with E-state index in [1.165, 1.54) is 32.4 Å². The van der Waals surface area contributed by atoms with Crippen molar-refractivity contribution in [2.75, 3.05) is 25.1 Å². The van der Waals surface area contributed by atoms with Gasteiger partial charge in [0.15, 0.2) is 0 Å². The highest BCUT2D eigenvalue weighted by Gasteiger charge is 2.29. The molecule has 8 nitrogen and oxygen atoms in total. The van der Waals surface area contributed by atoms with E-state index in [0.29, 0.717) is 11.5 Å². The normalized spacial score (nSPS) is 11.6. The Balaban J connectivity index is 1.95. The van der Waals surface area contributed by atoms with E-state index in [2.05, 4.69) is 10.5 Å². The molecule has 0 saturated carbocycles. The summed E-state index contributed by atoms with van der Waals surface area (Å²) in [7, 11) is -1.19. The number of sulfonamides is 1. The van der Waals surface area contributed by atoms with Crippen LogP contribution in [0.2, 0.25) is 0 Å². The maximum atomic E-state index is 13.6. The second kappa shape index (κ2) is 11.1. The molecule has 1 amide bonds. The fourth-order valence-electron chi connectivity index (χ4n) is 3.30. The van der Waals surface area contributed by atoms with Gasteiger partial charge < -0.3 is 9.47 Å². The lowest BCUT2D eigenvalue weighted by molar-refractivity contribution is -0.119. The number of carbonyl (C=O) groups is 1. The van der Waals surface area contributed by atoms with Crippen molar-refractivity contribution in [3.8, 4) is 11.5 Å². The van der Waals surface area contributed by atoms with Crippen molar-refractivity contribution in [3.63, 3.8) is 0 Å². The summed E-state index contributed by atoms with van der Waals surface area (Å²) in [5, 5.41) is 4.15. The van der Waals surface area contributed by atoms with Gasteiger partial charge in [0.05, 0.1) is 30.5 Å². The van der Waals surface area contributed by atoms with Gasteiger partial charge in [0, 0.05) is 6.07 Å². The lowest BCUT2D eigenvalue weighted by Gasteiger charge is -2.25. The minimum absolute atomic E-state index is 0.0492. The molecule has 0 spiro atoms. The molecule has 0 unspecified atom stereocenters. The number of nitrogens with one attached hydrogen (secondary N) is 1. The van der Waals surface area contributed by atoms with Crippen LogP contribution in [0.4, 0.5) is 5.69 Å². The SMILES string of the molecule is COc1ccc(N(CC(=O)N/N=C(/C)c2ccc(C)cc2)S(=O)(=O)c2ccc(C)cc2)c(OC)c1. The van der Waals surface area contributed by atoms with Gasteiger partial charge in [-0.25, -0.2) is 13.8 Å². The molecule has 0 fully saturated rings. The van der Waals surface area contributed by atoms with Crippen LogP contribution in [0.1, 0.15) is 23.6 Å². The standard InChI is InChI=1S/C26H29N3O5S/c1-18-6-10-21(11-7-18)20(3)27-28-26(30)17-29(24-15-12-22(33-4)16-25(24)34-5)35(31,32)23-13-8-19(2)9-14-23/h6-16H,17H2,1-5H3,(H,28,30)/b27-20-. The van der Waals surface area contributed by atoms with E-state index in [1.54, 1.807) is 31.2 Å². The van der Waals surface area contributed by atoms with Crippen LogP contribution in [-0.4, -0.2) is 40.8 Å². The highest BCUT2D eigenvalue weighted by Crippen LogP contribution is 2.35. The van der Waals surface area contributed by atoms with E-state index in [-0.39, 0.29) is 16.3 Å². The lowest BCUT2D eigenvalue weighted by atomic mass is 10.1. The average molecular weight is 496 g/mol. The highest BCUT2D eigenvalue weighted by atomic mass is 32.2. The van der Waals surface area contributed by atoms with Gasteiger partial charge in [-0.05, 0) is 50.6 Å². The van der Waals surface area contributed by atoms with Crippen molar-refractivity contribution in [3.05, 3.63) is 83.4 Å². The predicted octanol–water partition coefficient (Wildman–Crippen LogP) is 4.06. The number of anilines is 1. The molecule has 3 rings (SSSR count). The molecule has 0 heterocycles. The molecule has 0 aliphatic rings. The summed E-state index contributed by atoms with van der Waals surface area (Å²) in [4.78, 5) is 12.9. The average Bonchev–Trinajstić information content (AvgIpc) is 2.86. The maximum absolute atomic E-state index is 13.6. The summed E-state index contributed by atoms with van der Waals surface area (Å²) in [6.07, 6.45) is 0. The molecule has 0 radical (unpaired) electrons. The van der Waals surface area contributed by atoms with Gasteiger partial charge in [0.2, 0.25) is 0 Å². The molecule has 0 saturated heterocycles.